The van der Waals surface area contributed by atoms with Gasteiger partial charge >= 0.3 is 0 Å². The van der Waals surface area contributed by atoms with Crippen molar-refractivity contribution >= 4 is 5.82 Å². The third-order valence-corrected chi connectivity index (χ3v) is 4.24. The predicted octanol–water partition coefficient (Wildman–Crippen LogP) is 2.94. The molecular formula is C15H26N4O. The van der Waals surface area contributed by atoms with Gasteiger partial charge in [-0.2, -0.15) is 0 Å². The zero-order valence-corrected chi connectivity index (χ0v) is 12.9. The van der Waals surface area contributed by atoms with Crippen LogP contribution in [0.25, 0.3) is 0 Å². The zero-order chi connectivity index (χ0) is 14.8. The molecule has 1 aliphatic carbocycles. The average Bonchev–Trinajstić information content (AvgIpc) is 2.46. The van der Waals surface area contributed by atoms with E-state index in [9.17, 15) is 0 Å². The highest BCUT2D eigenvalue weighted by Crippen LogP contribution is 2.41. The van der Waals surface area contributed by atoms with Crippen LogP contribution >= 0.6 is 0 Å². The van der Waals surface area contributed by atoms with Crippen molar-refractivity contribution in [2.45, 2.75) is 58.0 Å². The van der Waals surface area contributed by atoms with Gasteiger partial charge in [-0.3, -0.25) is 0 Å². The molecule has 1 aliphatic rings. The maximum atomic E-state index is 5.88. The largest absolute Gasteiger partial charge is 0.370 e. The molecule has 20 heavy (non-hydrogen) atoms. The Labute approximate surface area is 121 Å². The molecule has 2 unspecified atom stereocenters. The van der Waals surface area contributed by atoms with Crippen molar-refractivity contribution in [3.63, 3.8) is 0 Å². The minimum absolute atomic E-state index is 0.332. The number of nitrogens with zero attached hydrogens (tertiary/aromatic N) is 2. The van der Waals surface area contributed by atoms with E-state index in [0.29, 0.717) is 17.7 Å². The molecule has 5 heteroatoms. The fourth-order valence-electron chi connectivity index (χ4n) is 3.02. The summed E-state index contributed by atoms with van der Waals surface area (Å²) in [5.41, 5.74) is 3.28. The molecule has 112 valence electrons. The third-order valence-electron chi connectivity index (χ3n) is 4.24. The van der Waals surface area contributed by atoms with Gasteiger partial charge in [0.25, 0.3) is 0 Å². The molecule has 1 heterocycles. The summed E-state index contributed by atoms with van der Waals surface area (Å²) in [6, 6.07) is 1.91. The van der Waals surface area contributed by atoms with Crippen LogP contribution < -0.4 is 11.3 Å². The van der Waals surface area contributed by atoms with Gasteiger partial charge in [0, 0.05) is 18.9 Å². The van der Waals surface area contributed by atoms with Crippen LogP contribution in [0.5, 0.6) is 0 Å². The number of ether oxygens (including phenoxy) is 1. The molecule has 1 aromatic heterocycles. The van der Waals surface area contributed by atoms with Crippen LogP contribution in [0.3, 0.4) is 0 Å². The van der Waals surface area contributed by atoms with Gasteiger partial charge in [0.2, 0.25) is 0 Å². The highest BCUT2D eigenvalue weighted by atomic mass is 16.5. The Kier molecular flexibility index (Phi) is 4.60. The van der Waals surface area contributed by atoms with E-state index in [1.165, 1.54) is 6.42 Å². The minimum atomic E-state index is -0.367. The standard InChI is InChI=1S/C15H26N4O/c1-10(2)12-8-13(19-16)18-14(17-12)15(20-4)7-5-6-11(3)9-15/h8,10-11H,5-7,9,16H2,1-4H3,(H,17,18,19). The summed E-state index contributed by atoms with van der Waals surface area (Å²) < 4.78 is 5.88. The maximum Gasteiger partial charge on any atom is 0.162 e. The lowest BCUT2D eigenvalue weighted by molar-refractivity contribution is -0.0646. The van der Waals surface area contributed by atoms with E-state index in [1.807, 2.05) is 6.07 Å². The fraction of sp³-hybridized carbons (Fsp3) is 0.733. The van der Waals surface area contributed by atoms with Crippen LogP contribution in [0, 0.1) is 5.92 Å². The number of hydrogen-bond donors (Lipinski definition) is 2. The van der Waals surface area contributed by atoms with Crippen molar-refractivity contribution in [2.75, 3.05) is 12.5 Å². The first kappa shape index (κ1) is 15.2. The van der Waals surface area contributed by atoms with Gasteiger partial charge in [-0.15, -0.1) is 0 Å². The predicted molar refractivity (Wildman–Crippen MR) is 80.3 cm³/mol. The van der Waals surface area contributed by atoms with E-state index in [0.717, 1.165) is 30.8 Å². The van der Waals surface area contributed by atoms with E-state index in [-0.39, 0.29) is 5.60 Å². The average molecular weight is 278 g/mol. The molecule has 3 N–H and O–H groups in total. The van der Waals surface area contributed by atoms with Crippen LogP contribution in [-0.2, 0) is 10.3 Å². The van der Waals surface area contributed by atoms with Gasteiger partial charge < -0.3 is 10.2 Å². The molecule has 0 aliphatic heterocycles. The second-order valence-electron chi connectivity index (χ2n) is 6.20. The van der Waals surface area contributed by atoms with E-state index in [2.05, 4.69) is 31.2 Å². The molecule has 0 aromatic carbocycles. The second-order valence-corrected chi connectivity index (χ2v) is 6.20. The van der Waals surface area contributed by atoms with E-state index in [1.54, 1.807) is 7.11 Å². The van der Waals surface area contributed by atoms with Crippen molar-refractivity contribution in [2.24, 2.45) is 11.8 Å². The topological polar surface area (TPSA) is 73.1 Å². The molecule has 0 radical (unpaired) electrons. The van der Waals surface area contributed by atoms with Gasteiger partial charge in [0.05, 0.1) is 0 Å². The van der Waals surface area contributed by atoms with Crippen molar-refractivity contribution in [1.29, 1.82) is 0 Å². The second kappa shape index (κ2) is 6.06. The number of aromatic nitrogens is 2. The normalized spacial score (nSPS) is 26.8. The molecule has 5 nitrogen and oxygen atoms in total. The summed E-state index contributed by atoms with van der Waals surface area (Å²) in [5, 5.41) is 0. The minimum Gasteiger partial charge on any atom is -0.370 e. The fourth-order valence-corrected chi connectivity index (χ4v) is 3.02. The molecule has 2 rings (SSSR count). The number of nitrogens with one attached hydrogen (secondary N) is 1. The summed E-state index contributed by atoms with van der Waals surface area (Å²) in [6.45, 7) is 6.51. The van der Waals surface area contributed by atoms with Crippen LogP contribution in [0.1, 0.15) is 63.9 Å². The van der Waals surface area contributed by atoms with E-state index in [4.69, 9.17) is 15.6 Å². The Morgan fingerprint density at radius 1 is 1.45 bits per heavy atom. The Hall–Kier alpha value is -1.20. The summed E-state index contributed by atoms with van der Waals surface area (Å²) in [6.07, 6.45) is 4.33. The molecular weight excluding hydrogens is 252 g/mol. The Bertz CT molecular complexity index is 463. The number of methoxy groups -OCH3 is 1. The summed E-state index contributed by atoms with van der Waals surface area (Å²) in [7, 11) is 1.76. The van der Waals surface area contributed by atoms with Gasteiger partial charge in [0.15, 0.2) is 5.82 Å². The Morgan fingerprint density at radius 3 is 2.75 bits per heavy atom. The first-order valence-electron chi connectivity index (χ1n) is 7.42. The number of nitrogens with two attached hydrogens (primary N) is 1. The molecule has 2 atom stereocenters. The smallest absolute Gasteiger partial charge is 0.162 e. The number of anilines is 1. The molecule has 0 saturated heterocycles. The highest BCUT2D eigenvalue weighted by molar-refractivity contribution is 5.36. The molecule has 0 spiro atoms. The highest BCUT2D eigenvalue weighted by Gasteiger charge is 2.39. The first-order valence-corrected chi connectivity index (χ1v) is 7.42. The lowest BCUT2D eigenvalue weighted by Crippen LogP contribution is -2.36. The molecule has 1 aromatic rings. The molecule has 1 saturated carbocycles. The van der Waals surface area contributed by atoms with Crippen LogP contribution in [0.15, 0.2) is 6.07 Å². The van der Waals surface area contributed by atoms with Crippen LogP contribution in [0.4, 0.5) is 5.82 Å². The quantitative estimate of drug-likeness (QED) is 0.654. The SMILES string of the molecule is COC1(c2nc(NN)cc(C(C)C)n2)CCCC(C)C1. The van der Waals surface area contributed by atoms with Crippen LogP contribution in [0.2, 0.25) is 0 Å². The van der Waals surface area contributed by atoms with E-state index >= 15 is 0 Å². The number of hydrazine groups is 1. The van der Waals surface area contributed by atoms with Gasteiger partial charge in [-0.1, -0.05) is 27.2 Å². The number of hydrogen-bond acceptors (Lipinski definition) is 5. The monoisotopic (exact) mass is 278 g/mol. The molecule has 0 bridgehead atoms. The zero-order valence-electron chi connectivity index (χ0n) is 12.9. The van der Waals surface area contributed by atoms with Crippen molar-refractivity contribution in [1.82, 2.24) is 9.97 Å². The Morgan fingerprint density at radius 2 is 2.20 bits per heavy atom. The summed E-state index contributed by atoms with van der Waals surface area (Å²) >= 11 is 0. The summed E-state index contributed by atoms with van der Waals surface area (Å²) in [5.74, 6) is 7.94. The maximum absolute atomic E-state index is 5.88. The van der Waals surface area contributed by atoms with E-state index < -0.39 is 0 Å². The lowest BCUT2D eigenvalue weighted by atomic mass is 9.78. The molecule has 1 fully saturated rings. The Balaban J connectivity index is 2.45. The van der Waals surface area contributed by atoms with Gasteiger partial charge in [-0.25, -0.2) is 15.8 Å². The lowest BCUT2D eigenvalue weighted by Gasteiger charge is -2.37. The summed E-state index contributed by atoms with van der Waals surface area (Å²) in [4.78, 5) is 9.31. The van der Waals surface area contributed by atoms with Gasteiger partial charge in [0.1, 0.15) is 11.4 Å². The number of rotatable bonds is 4. The number of nitrogen functional groups attached to an aromatic ring is 1. The van der Waals surface area contributed by atoms with Crippen molar-refractivity contribution < 1.29 is 4.74 Å². The van der Waals surface area contributed by atoms with Crippen molar-refractivity contribution in [3.8, 4) is 0 Å². The first-order chi connectivity index (χ1) is 9.50. The van der Waals surface area contributed by atoms with Crippen molar-refractivity contribution in [3.05, 3.63) is 17.6 Å². The third kappa shape index (κ3) is 2.94. The van der Waals surface area contributed by atoms with Crippen LogP contribution in [-0.4, -0.2) is 17.1 Å². The molecule has 0 amide bonds. The van der Waals surface area contributed by atoms with Gasteiger partial charge in [-0.05, 0) is 31.1 Å².